The molecule has 9 heteroatoms. The van der Waals surface area contributed by atoms with E-state index in [1.165, 1.54) is 18.2 Å². The molecule has 4 aromatic rings. The number of fused-ring (bicyclic) bond motifs is 5. The van der Waals surface area contributed by atoms with E-state index in [9.17, 15) is 8.78 Å². The molecule has 7 nitrogen and oxygen atoms in total. The molecule has 1 fully saturated rings. The highest BCUT2D eigenvalue weighted by Gasteiger charge is 2.65. The van der Waals surface area contributed by atoms with Crippen LogP contribution in [0, 0.1) is 24.0 Å². The van der Waals surface area contributed by atoms with E-state index in [1.54, 1.807) is 19.2 Å². The summed E-state index contributed by atoms with van der Waals surface area (Å²) < 4.78 is 34.4. The summed E-state index contributed by atoms with van der Waals surface area (Å²) in [6, 6.07) is 7.48. The Kier molecular flexibility index (Phi) is 4.06. The normalized spacial score (nSPS) is 22.5. The van der Waals surface area contributed by atoms with Crippen LogP contribution in [-0.4, -0.2) is 30.4 Å². The Bertz CT molecular complexity index is 1400. The van der Waals surface area contributed by atoms with Gasteiger partial charge in [0.15, 0.2) is 0 Å². The van der Waals surface area contributed by atoms with Gasteiger partial charge in [-0.3, -0.25) is 0 Å². The number of hydrogen-bond acceptors (Lipinski definition) is 7. The molecule has 2 aliphatic carbocycles. The molecule has 0 radical (unpaired) electrons. The minimum Gasteiger partial charge on any atom is -0.418 e. The van der Waals surface area contributed by atoms with Crippen LogP contribution in [0.3, 0.4) is 0 Å². The first-order valence-corrected chi connectivity index (χ1v) is 10.8. The van der Waals surface area contributed by atoms with Gasteiger partial charge in [-0.15, -0.1) is 15.3 Å². The maximum Gasteiger partial charge on any atom is 0.285 e. The van der Waals surface area contributed by atoms with Crippen molar-refractivity contribution in [3.63, 3.8) is 0 Å². The van der Waals surface area contributed by atoms with Gasteiger partial charge in [-0.1, -0.05) is 19.9 Å². The lowest BCUT2D eigenvalue weighted by atomic mass is 9.66. The van der Waals surface area contributed by atoms with E-state index in [1.807, 2.05) is 6.07 Å². The van der Waals surface area contributed by atoms with Gasteiger partial charge in [-0.2, -0.15) is 5.10 Å². The number of benzene rings is 1. The van der Waals surface area contributed by atoms with Crippen molar-refractivity contribution in [3.05, 3.63) is 71.0 Å². The summed E-state index contributed by atoms with van der Waals surface area (Å²) >= 11 is 0. The minimum absolute atomic E-state index is 0.153. The van der Waals surface area contributed by atoms with Crippen LogP contribution in [0.25, 0.3) is 23.0 Å². The second kappa shape index (κ2) is 6.69. The third-order valence-electron chi connectivity index (χ3n) is 7.41. The summed E-state index contributed by atoms with van der Waals surface area (Å²) in [6.07, 6.45) is 3.42. The zero-order valence-electron chi connectivity index (χ0n) is 18.3. The van der Waals surface area contributed by atoms with Crippen LogP contribution < -0.4 is 0 Å². The predicted molar refractivity (Wildman–Crippen MR) is 114 cm³/mol. The van der Waals surface area contributed by atoms with Crippen molar-refractivity contribution in [1.29, 1.82) is 0 Å². The molecular formula is C24H20F2N6O. The molecular weight excluding hydrogens is 426 g/mol. The quantitative estimate of drug-likeness (QED) is 0.448. The van der Waals surface area contributed by atoms with Crippen molar-refractivity contribution in [3.8, 4) is 23.0 Å². The number of halogens is 2. The molecule has 0 aliphatic heterocycles. The maximum atomic E-state index is 14.4. The van der Waals surface area contributed by atoms with Crippen molar-refractivity contribution in [2.45, 2.75) is 44.9 Å². The summed E-state index contributed by atoms with van der Waals surface area (Å²) in [5.41, 5.74) is 1.86. The fourth-order valence-electron chi connectivity index (χ4n) is 5.84. The van der Waals surface area contributed by atoms with E-state index in [0.29, 0.717) is 11.7 Å². The Hall–Kier alpha value is -3.62. The minimum atomic E-state index is -0.656. The molecule has 33 heavy (non-hydrogen) atoms. The van der Waals surface area contributed by atoms with E-state index in [0.717, 1.165) is 29.8 Å². The molecule has 6 rings (SSSR count). The number of nitrogens with zero attached hydrogens (tertiary/aromatic N) is 6. The fraction of sp³-hybridized carbons (Fsp3) is 0.333. The molecule has 0 saturated heterocycles. The lowest BCUT2D eigenvalue weighted by molar-refractivity contribution is 0.242. The second-order valence-electron chi connectivity index (χ2n) is 9.24. The standard InChI is InChI=1S/C24H20F2N6O/c1-12-29-32-22(33-12)21-27-10-8-18(28-21)24-9-7-14(23(24,2)3)13-11-17(30-31-20(13)24)19-15(25)5-4-6-16(19)26/h4-6,8,10-11,14H,7,9H2,1-3H3/t14-,24+/m0/s1. The first-order valence-electron chi connectivity index (χ1n) is 10.8. The van der Waals surface area contributed by atoms with Gasteiger partial charge in [-0.25, -0.2) is 18.7 Å². The van der Waals surface area contributed by atoms with Crippen LogP contribution >= 0.6 is 0 Å². The first kappa shape index (κ1) is 20.0. The Balaban J connectivity index is 1.53. The van der Waals surface area contributed by atoms with E-state index in [4.69, 9.17) is 9.40 Å². The molecule has 1 saturated carbocycles. The lowest BCUT2D eigenvalue weighted by Gasteiger charge is -2.37. The van der Waals surface area contributed by atoms with Crippen LogP contribution in [0.5, 0.6) is 0 Å². The van der Waals surface area contributed by atoms with Crippen molar-refractivity contribution < 1.29 is 13.2 Å². The van der Waals surface area contributed by atoms with Crippen LogP contribution in [0.2, 0.25) is 0 Å². The Morgan fingerprint density at radius 2 is 1.82 bits per heavy atom. The molecule has 3 heterocycles. The largest absolute Gasteiger partial charge is 0.418 e. The third-order valence-corrected chi connectivity index (χ3v) is 7.41. The number of hydrogen-bond donors (Lipinski definition) is 0. The Labute approximate surface area is 188 Å². The Morgan fingerprint density at radius 3 is 2.55 bits per heavy atom. The molecule has 0 unspecified atom stereocenters. The molecule has 1 aromatic carbocycles. The Morgan fingerprint density at radius 1 is 1.03 bits per heavy atom. The summed E-state index contributed by atoms with van der Waals surface area (Å²) in [4.78, 5) is 9.14. The highest BCUT2D eigenvalue weighted by molar-refractivity contribution is 5.64. The molecule has 2 atom stereocenters. The highest BCUT2D eigenvalue weighted by Crippen LogP contribution is 2.69. The van der Waals surface area contributed by atoms with E-state index < -0.39 is 17.0 Å². The van der Waals surface area contributed by atoms with Gasteiger partial charge in [0.1, 0.15) is 11.6 Å². The topological polar surface area (TPSA) is 90.5 Å². The molecule has 0 amide bonds. The van der Waals surface area contributed by atoms with Crippen molar-refractivity contribution in [2.24, 2.45) is 5.41 Å². The van der Waals surface area contributed by atoms with Crippen LogP contribution in [0.1, 0.15) is 55.4 Å². The summed E-state index contributed by atoms with van der Waals surface area (Å²) in [5.74, 6) is -0.113. The van der Waals surface area contributed by atoms with Gasteiger partial charge < -0.3 is 4.42 Å². The molecule has 0 spiro atoms. The smallest absolute Gasteiger partial charge is 0.285 e. The van der Waals surface area contributed by atoms with Crippen molar-refractivity contribution in [1.82, 2.24) is 30.4 Å². The molecule has 3 aromatic heterocycles. The van der Waals surface area contributed by atoms with Gasteiger partial charge in [0, 0.05) is 13.1 Å². The number of rotatable bonds is 3. The lowest BCUT2D eigenvalue weighted by Crippen LogP contribution is -2.38. The van der Waals surface area contributed by atoms with Gasteiger partial charge in [0.2, 0.25) is 11.7 Å². The van der Waals surface area contributed by atoms with Crippen LogP contribution in [-0.2, 0) is 5.41 Å². The van der Waals surface area contributed by atoms with Gasteiger partial charge in [-0.05, 0) is 54.0 Å². The zero-order valence-corrected chi connectivity index (χ0v) is 18.3. The first-order chi connectivity index (χ1) is 15.8. The second-order valence-corrected chi connectivity index (χ2v) is 9.24. The fourth-order valence-corrected chi connectivity index (χ4v) is 5.84. The van der Waals surface area contributed by atoms with Crippen LogP contribution in [0.4, 0.5) is 8.78 Å². The third kappa shape index (κ3) is 2.59. The number of aryl methyl sites for hydroxylation is 1. The van der Waals surface area contributed by atoms with Crippen molar-refractivity contribution >= 4 is 0 Å². The van der Waals surface area contributed by atoms with E-state index in [-0.39, 0.29) is 28.5 Å². The predicted octanol–water partition coefficient (Wildman–Crippen LogP) is 4.77. The van der Waals surface area contributed by atoms with Gasteiger partial charge in [0.05, 0.1) is 28.1 Å². The SMILES string of the molecule is Cc1nnc(-c2nccc([C@]34CC[C@@H](c5cc(-c6c(F)cccc6F)nnc53)C4(C)C)n2)o1. The molecule has 2 aliphatic rings. The van der Waals surface area contributed by atoms with E-state index in [2.05, 4.69) is 39.2 Å². The number of aromatic nitrogens is 6. The van der Waals surface area contributed by atoms with Crippen LogP contribution in [0.15, 0.2) is 40.9 Å². The van der Waals surface area contributed by atoms with Gasteiger partial charge >= 0.3 is 0 Å². The molecule has 2 bridgehead atoms. The average molecular weight is 446 g/mol. The summed E-state index contributed by atoms with van der Waals surface area (Å²) in [5, 5.41) is 16.7. The van der Waals surface area contributed by atoms with Crippen molar-refractivity contribution in [2.75, 3.05) is 0 Å². The highest BCUT2D eigenvalue weighted by atomic mass is 19.1. The molecule has 0 N–H and O–H groups in total. The summed E-state index contributed by atoms with van der Waals surface area (Å²) in [7, 11) is 0. The molecule has 166 valence electrons. The van der Waals surface area contributed by atoms with E-state index >= 15 is 0 Å². The summed E-state index contributed by atoms with van der Waals surface area (Å²) in [6.45, 7) is 6.09. The zero-order chi connectivity index (χ0) is 23.0. The van der Waals surface area contributed by atoms with Gasteiger partial charge in [0.25, 0.3) is 5.89 Å². The monoisotopic (exact) mass is 446 g/mol. The maximum absolute atomic E-state index is 14.4. The average Bonchev–Trinajstić information content (AvgIpc) is 3.40.